The highest BCUT2D eigenvalue weighted by Gasteiger charge is 2.34. The summed E-state index contributed by atoms with van der Waals surface area (Å²) in [4.78, 5) is 48.5. The summed E-state index contributed by atoms with van der Waals surface area (Å²) in [6, 6.07) is 19.9. The van der Waals surface area contributed by atoms with Gasteiger partial charge in [-0.2, -0.15) is 0 Å². The molecule has 0 bridgehead atoms. The van der Waals surface area contributed by atoms with Gasteiger partial charge in [0.25, 0.3) is 17.4 Å². The monoisotopic (exact) mass is 492 g/mol. The van der Waals surface area contributed by atoms with Crippen molar-refractivity contribution in [2.24, 2.45) is 0 Å². The van der Waals surface area contributed by atoms with Gasteiger partial charge in [0.05, 0.1) is 29.1 Å². The highest BCUT2D eigenvalue weighted by atomic mass is 16.5. The second-order valence-electron chi connectivity index (χ2n) is 9.03. The summed E-state index contributed by atoms with van der Waals surface area (Å²) in [6.07, 6.45) is 2.81. The molecule has 1 N–H and O–H groups in total. The number of carbonyl (C=O) groups is 2. The Labute approximate surface area is 212 Å². The van der Waals surface area contributed by atoms with Gasteiger partial charge in [-0.15, -0.1) is 0 Å². The SMILES string of the molecule is COc1ccc2[nH]cc(CCn3c(CCN4C(=O)c5ccccc5C4=O)nc4ccccc4c3=O)c2c1. The van der Waals surface area contributed by atoms with Crippen molar-refractivity contribution in [2.75, 3.05) is 13.7 Å². The number of ether oxygens (including phenoxy) is 1. The molecule has 0 unspecified atom stereocenters. The van der Waals surface area contributed by atoms with E-state index >= 15 is 0 Å². The van der Waals surface area contributed by atoms with Crippen LogP contribution in [-0.4, -0.2) is 44.9 Å². The number of carbonyl (C=O) groups excluding carboxylic acids is 2. The number of amides is 2. The average molecular weight is 493 g/mol. The van der Waals surface area contributed by atoms with E-state index in [1.165, 1.54) is 4.90 Å². The van der Waals surface area contributed by atoms with Crippen LogP contribution < -0.4 is 10.3 Å². The first-order chi connectivity index (χ1) is 18.0. The van der Waals surface area contributed by atoms with Gasteiger partial charge in [-0.25, -0.2) is 4.98 Å². The molecule has 8 nitrogen and oxygen atoms in total. The van der Waals surface area contributed by atoms with Gasteiger partial charge in [0.1, 0.15) is 11.6 Å². The van der Waals surface area contributed by atoms with Crippen LogP contribution in [0.2, 0.25) is 0 Å². The molecule has 1 aliphatic rings. The van der Waals surface area contributed by atoms with Crippen LogP contribution in [0.15, 0.2) is 77.7 Å². The lowest BCUT2D eigenvalue weighted by Crippen LogP contribution is -2.34. The number of imide groups is 1. The van der Waals surface area contributed by atoms with Gasteiger partial charge in [0.15, 0.2) is 0 Å². The molecule has 0 spiro atoms. The fraction of sp³-hybridized carbons (Fsp3) is 0.172. The largest absolute Gasteiger partial charge is 0.497 e. The van der Waals surface area contributed by atoms with Crippen LogP contribution in [-0.2, 0) is 19.4 Å². The maximum Gasteiger partial charge on any atom is 0.261 e. The quantitative estimate of drug-likeness (QED) is 0.347. The minimum absolute atomic E-state index is 0.139. The highest BCUT2D eigenvalue weighted by molar-refractivity contribution is 6.21. The first-order valence-corrected chi connectivity index (χ1v) is 12.1. The normalized spacial score (nSPS) is 13.1. The Hall–Kier alpha value is -4.72. The van der Waals surface area contributed by atoms with E-state index in [2.05, 4.69) is 4.98 Å². The second kappa shape index (κ2) is 9.05. The van der Waals surface area contributed by atoms with Crippen molar-refractivity contribution in [3.63, 3.8) is 0 Å². The third-order valence-electron chi connectivity index (χ3n) is 6.96. The minimum atomic E-state index is -0.317. The zero-order valence-electron chi connectivity index (χ0n) is 20.2. The van der Waals surface area contributed by atoms with Crippen LogP contribution in [0.3, 0.4) is 0 Å². The maximum absolute atomic E-state index is 13.5. The molecule has 5 aromatic rings. The minimum Gasteiger partial charge on any atom is -0.497 e. The Kier molecular flexibility index (Phi) is 5.56. The number of nitrogens with zero attached hydrogens (tertiary/aromatic N) is 3. The van der Waals surface area contributed by atoms with Gasteiger partial charge < -0.3 is 9.72 Å². The molecule has 0 radical (unpaired) electrons. The molecule has 0 saturated heterocycles. The molecule has 3 heterocycles. The van der Waals surface area contributed by atoms with Gasteiger partial charge in [0.2, 0.25) is 0 Å². The number of methoxy groups -OCH3 is 1. The molecule has 37 heavy (non-hydrogen) atoms. The van der Waals surface area contributed by atoms with Gasteiger partial charge in [-0.1, -0.05) is 24.3 Å². The van der Waals surface area contributed by atoms with Crippen LogP contribution in [0.1, 0.15) is 32.1 Å². The highest BCUT2D eigenvalue weighted by Crippen LogP contribution is 2.25. The van der Waals surface area contributed by atoms with Crippen LogP contribution >= 0.6 is 0 Å². The van der Waals surface area contributed by atoms with E-state index in [0.29, 0.717) is 40.8 Å². The number of hydrogen-bond acceptors (Lipinski definition) is 5. The molecule has 8 heteroatoms. The molecule has 1 aliphatic heterocycles. The predicted molar refractivity (Wildman–Crippen MR) is 140 cm³/mol. The van der Waals surface area contributed by atoms with Crippen molar-refractivity contribution >= 4 is 33.6 Å². The molecule has 3 aromatic carbocycles. The van der Waals surface area contributed by atoms with Crippen LogP contribution in [0.25, 0.3) is 21.8 Å². The van der Waals surface area contributed by atoms with Crippen molar-refractivity contribution in [3.05, 3.63) is 106 Å². The van der Waals surface area contributed by atoms with E-state index in [1.54, 1.807) is 48.1 Å². The zero-order chi connectivity index (χ0) is 25.5. The first kappa shape index (κ1) is 22.7. The van der Waals surface area contributed by atoms with Crippen LogP contribution in [0.5, 0.6) is 5.75 Å². The van der Waals surface area contributed by atoms with Gasteiger partial charge in [-0.05, 0) is 54.4 Å². The Bertz CT molecular complexity index is 1720. The molecule has 0 fully saturated rings. The lowest BCUT2D eigenvalue weighted by atomic mass is 10.1. The summed E-state index contributed by atoms with van der Waals surface area (Å²) in [5.74, 6) is 0.670. The third kappa shape index (κ3) is 3.87. The van der Waals surface area contributed by atoms with Crippen molar-refractivity contribution in [2.45, 2.75) is 19.4 Å². The number of H-pyrrole nitrogens is 1. The van der Waals surface area contributed by atoms with Gasteiger partial charge in [-0.3, -0.25) is 23.9 Å². The first-order valence-electron chi connectivity index (χ1n) is 12.1. The predicted octanol–water partition coefficient (Wildman–Crippen LogP) is 3.97. The van der Waals surface area contributed by atoms with Crippen LogP contribution in [0.4, 0.5) is 0 Å². The number of aromatic amines is 1. The topological polar surface area (TPSA) is 97.3 Å². The standard InChI is InChI=1S/C29H24N4O4/c1-37-19-10-11-24-23(16-19)18(17-30-24)12-14-32-26(31-25-9-5-4-8-22(25)29(32)36)13-15-33-27(34)20-6-2-3-7-21(20)28(33)35/h2-11,16-17,30H,12-15H2,1H3. The molecule has 2 amide bonds. The summed E-state index contributed by atoms with van der Waals surface area (Å²) < 4.78 is 7.04. The Morgan fingerprint density at radius 1 is 0.838 bits per heavy atom. The average Bonchev–Trinajstić information content (AvgIpc) is 3.44. The van der Waals surface area contributed by atoms with Crippen molar-refractivity contribution in [1.29, 1.82) is 0 Å². The maximum atomic E-state index is 13.5. The van der Waals surface area contributed by atoms with Crippen molar-refractivity contribution in [1.82, 2.24) is 19.4 Å². The Morgan fingerprint density at radius 3 is 2.32 bits per heavy atom. The smallest absolute Gasteiger partial charge is 0.261 e. The number of aryl methyl sites for hydroxylation is 1. The number of fused-ring (bicyclic) bond motifs is 3. The lowest BCUT2D eigenvalue weighted by molar-refractivity contribution is 0.0655. The summed E-state index contributed by atoms with van der Waals surface area (Å²) in [5, 5.41) is 1.57. The van der Waals surface area contributed by atoms with E-state index in [0.717, 1.165) is 22.2 Å². The van der Waals surface area contributed by atoms with Gasteiger partial charge >= 0.3 is 0 Å². The summed E-state index contributed by atoms with van der Waals surface area (Å²) >= 11 is 0. The molecule has 2 aromatic heterocycles. The number of benzene rings is 3. The van der Waals surface area contributed by atoms with E-state index in [-0.39, 0.29) is 30.3 Å². The number of aromatic nitrogens is 3. The summed E-state index contributed by atoms with van der Waals surface area (Å²) in [5.41, 5.74) is 3.32. The fourth-order valence-electron chi connectivity index (χ4n) is 5.01. The number of nitrogens with one attached hydrogen (secondary N) is 1. The molecule has 0 atom stereocenters. The van der Waals surface area contributed by atoms with Crippen molar-refractivity contribution < 1.29 is 14.3 Å². The zero-order valence-corrected chi connectivity index (χ0v) is 20.2. The number of para-hydroxylation sites is 1. The number of hydrogen-bond donors (Lipinski definition) is 1. The molecule has 6 rings (SSSR count). The van der Waals surface area contributed by atoms with E-state index in [9.17, 15) is 14.4 Å². The summed E-state index contributed by atoms with van der Waals surface area (Å²) in [7, 11) is 1.63. The van der Waals surface area contributed by atoms with E-state index < -0.39 is 0 Å². The molecular weight excluding hydrogens is 468 g/mol. The fourth-order valence-corrected chi connectivity index (χ4v) is 5.01. The lowest BCUT2D eigenvalue weighted by Gasteiger charge is -2.17. The third-order valence-corrected chi connectivity index (χ3v) is 6.96. The molecule has 184 valence electrons. The Balaban J connectivity index is 1.32. The second-order valence-corrected chi connectivity index (χ2v) is 9.03. The van der Waals surface area contributed by atoms with Crippen LogP contribution in [0, 0.1) is 0 Å². The van der Waals surface area contributed by atoms with E-state index in [4.69, 9.17) is 9.72 Å². The van der Waals surface area contributed by atoms with Gasteiger partial charge in [0, 0.05) is 36.6 Å². The molecule has 0 aliphatic carbocycles. The number of rotatable bonds is 7. The molecule has 0 saturated carbocycles. The molecular formula is C29H24N4O4. The van der Waals surface area contributed by atoms with Crippen molar-refractivity contribution in [3.8, 4) is 5.75 Å². The Morgan fingerprint density at radius 2 is 1.57 bits per heavy atom. The van der Waals surface area contributed by atoms with E-state index in [1.807, 2.05) is 36.5 Å². The summed E-state index contributed by atoms with van der Waals surface area (Å²) in [6.45, 7) is 0.541.